The van der Waals surface area contributed by atoms with E-state index in [0.717, 1.165) is 16.3 Å². The maximum atomic E-state index is 11.4. The van der Waals surface area contributed by atoms with Crippen molar-refractivity contribution in [2.75, 3.05) is 33.1 Å². The summed E-state index contributed by atoms with van der Waals surface area (Å²) in [6, 6.07) is 7.32. The molecule has 0 spiro atoms. The van der Waals surface area contributed by atoms with Crippen LogP contribution in [0.3, 0.4) is 0 Å². The summed E-state index contributed by atoms with van der Waals surface area (Å²) < 4.78 is 5.06. The van der Waals surface area contributed by atoms with E-state index in [9.17, 15) is 4.79 Å². The fraction of sp³-hybridized carbons (Fsp3) is 0.364. The van der Waals surface area contributed by atoms with Gasteiger partial charge in [-0.25, -0.2) is 0 Å². The van der Waals surface area contributed by atoms with Gasteiger partial charge in [-0.2, -0.15) is 0 Å². The molecule has 2 N–H and O–H groups in total. The average molecular weight is 209 g/mol. The van der Waals surface area contributed by atoms with Crippen molar-refractivity contribution in [3.8, 4) is 5.75 Å². The fourth-order valence-corrected chi connectivity index (χ4v) is 1.23. The maximum absolute atomic E-state index is 11.4. The molecule has 1 amide bonds. The van der Waals surface area contributed by atoms with Crippen LogP contribution in [-0.2, 0) is 4.79 Å². The second kappa shape index (κ2) is 5.36. The Labute approximate surface area is 89.8 Å². The average Bonchev–Trinajstić information content (AvgIpc) is 2.16. The number of benzene rings is 1. The minimum atomic E-state index is 0.00301. The van der Waals surface area contributed by atoms with Crippen LogP contribution in [0.4, 0.5) is 5.69 Å². The molecule has 4 nitrogen and oxygen atoms in total. The van der Waals surface area contributed by atoms with E-state index in [0.29, 0.717) is 6.54 Å². The van der Waals surface area contributed by atoms with Crippen LogP contribution in [0.5, 0.6) is 5.75 Å². The van der Waals surface area contributed by atoms with Crippen LogP contribution in [0.15, 0.2) is 24.3 Å². The number of carbonyl (C=O) groups is 1. The topological polar surface area (TPSA) is 42.8 Å². The van der Waals surface area contributed by atoms with Crippen molar-refractivity contribution in [1.29, 1.82) is 0 Å². The fourth-order valence-electron chi connectivity index (χ4n) is 1.23. The highest BCUT2D eigenvalue weighted by molar-refractivity contribution is 5.91. The van der Waals surface area contributed by atoms with Crippen molar-refractivity contribution < 1.29 is 14.4 Å². The molecule has 82 valence electrons. The standard InChI is InChI=1S/C11H16N2O2/c1-13(2)8-11(14)12-9-5-4-6-10(7-9)15-3/h4-7H,8H2,1-3H3,(H,12,14)/p+1. The summed E-state index contributed by atoms with van der Waals surface area (Å²) in [6.07, 6.45) is 0. The summed E-state index contributed by atoms with van der Waals surface area (Å²) in [6.45, 7) is 0.456. The van der Waals surface area contributed by atoms with Gasteiger partial charge in [0.2, 0.25) is 0 Å². The van der Waals surface area contributed by atoms with Gasteiger partial charge in [-0.1, -0.05) is 6.07 Å². The molecule has 0 aliphatic heterocycles. The third-order valence-corrected chi connectivity index (χ3v) is 1.87. The van der Waals surface area contributed by atoms with Gasteiger partial charge in [0.1, 0.15) is 5.75 Å². The number of likely N-dealkylation sites (N-methyl/N-ethyl adjacent to an activating group) is 1. The molecule has 0 saturated heterocycles. The predicted molar refractivity (Wildman–Crippen MR) is 59.3 cm³/mol. The molecule has 0 heterocycles. The number of ether oxygens (including phenoxy) is 1. The molecule has 0 fully saturated rings. The Morgan fingerprint density at radius 3 is 2.80 bits per heavy atom. The van der Waals surface area contributed by atoms with E-state index in [-0.39, 0.29) is 5.91 Å². The minimum Gasteiger partial charge on any atom is -0.497 e. The van der Waals surface area contributed by atoms with Crippen molar-refractivity contribution in [1.82, 2.24) is 0 Å². The Kier molecular flexibility index (Phi) is 4.12. The van der Waals surface area contributed by atoms with Gasteiger partial charge in [0.05, 0.1) is 21.2 Å². The third-order valence-electron chi connectivity index (χ3n) is 1.87. The van der Waals surface area contributed by atoms with E-state index in [4.69, 9.17) is 4.74 Å². The lowest BCUT2D eigenvalue weighted by Gasteiger charge is -2.08. The van der Waals surface area contributed by atoms with E-state index in [1.54, 1.807) is 13.2 Å². The van der Waals surface area contributed by atoms with Crippen LogP contribution in [0.2, 0.25) is 0 Å². The van der Waals surface area contributed by atoms with E-state index >= 15 is 0 Å². The van der Waals surface area contributed by atoms with Gasteiger partial charge in [-0.05, 0) is 12.1 Å². The number of hydrogen-bond acceptors (Lipinski definition) is 2. The predicted octanol–water partition coefficient (Wildman–Crippen LogP) is -0.222. The van der Waals surface area contributed by atoms with Gasteiger partial charge in [0.25, 0.3) is 5.91 Å². The van der Waals surface area contributed by atoms with Crippen molar-refractivity contribution in [3.63, 3.8) is 0 Å². The maximum Gasteiger partial charge on any atom is 0.279 e. The number of amides is 1. The summed E-state index contributed by atoms with van der Waals surface area (Å²) in [5.41, 5.74) is 0.764. The number of anilines is 1. The van der Waals surface area contributed by atoms with Gasteiger partial charge in [0.15, 0.2) is 6.54 Å². The largest absolute Gasteiger partial charge is 0.497 e. The highest BCUT2D eigenvalue weighted by Crippen LogP contribution is 2.16. The van der Waals surface area contributed by atoms with Crippen molar-refractivity contribution in [3.05, 3.63) is 24.3 Å². The molecule has 1 aromatic rings. The molecular formula is C11H17N2O2+. The van der Waals surface area contributed by atoms with E-state index in [2.05, 4.69) is 5.32 Å². The molecule has 0 aromatic heterocycles. The first kappa shape index (κ1) is 11.5. The van der Waals surface area contributed by atoms with Crippen molar-refractivity contribution >= 4 is 11.6 Å². The number of methoxy groups -OCH3 is 1. The molecule has 0 radical (unpaired) electrons. The van der Waals surface area contributed by atoms with Crippen LogP contribution >= 0.6 is 0 Å². The van der Waals surface area contributed by atoms with Gasteiger partial charge in [-0.15, -0.1) is 0 Å². The number of quaternary nitrogens is 1. The van der Waals surface area contributed by atoms with Crippen LogP contribution in [0, 0.1) is 0 Å². The monoisotopic (exact) mass is 209 g/mol. The van der Waals surface area contributed by atoms with Crippen LogP contribution < -0.4 is 15.0 Å². The highest BCUT2D eigenvalue weighted by Gasteiger charge is 2.06. The van der Waals surface area contributed by atoms with Crippen molar-refractivity contribution in [2.45, 2.75) is 0 Å². The Morgan fingerprint density at radius 1 is 1.47 bits per heavy atom. The zero-order chi connectivity index (χ0) is 11.3. The zero-order valence-corrected chi connectivity index (χ0v) is 9.33. The molecule has 0 atom stereocenters. The lowest BCUT2D eigenvalue weighted by atomic mass is 10.3. The lowest BCUT2D eigenvalue weighted by molar-refractivity contribution is -0.849. The van der Waals surface area contributed by atoms with Crippen LogP contribution in [0.25, 0.3) is 0 Å². The third kappa shape index (κ3) is 3.99. The van der Waals surface area contributed by atoms with E-state index < -0.39 is 0 Å². The Morgan fingerprint density at radius 2 is 2.20 bits per heavy atom. The highest BCUT2D eigenvalue weighted by atomic mass is 16.5. The molecule has 1 rings (SSSR count). The van der Waals surface area contributed by atoms with Gasteiger partial charge in [0, 0.05) is 11.8 Å². The molecule has 0 saturated carbocycles. The Hall–Kier alpha value is -1.55. The molecule has 0 aliphatic carbocycles. The number of rotatable bonds is 4. The normalized spacial score (nSPS) is 10.1. The second-order valence-electron chi connectivity index (χ2n) is 3.66. The molecule has 0 bridgehead atoms. The molecule has 0 unspecified atom stereocenters. The zero-order valence-electron chi connectivity index (χ0n) is 9.33. The summed E-state index contributed by atoms with van der Waals surface area (Å²) in [5.74, 6) is 0.744. The van der Waals surface area contributed by atoms with E-state index in [1.165, 1.54) is 0 Å². The first-order valence-corrected chi connectivity index (χ1v) is 4.84. The Bertz CT molecular complexity index is 337. The van der Waals surface area contributed by atoms with E-state index in [1.807, 2.05) is 32.3 Å². The summed E-state index contributed by atoms with van der Waals surface area (Å²) in [4.78, 5) is 12.5. The smallest absolute Gasteiger partial charge is 0.279 e. The molecular weight excluding hydrogens is 192 g/mol. The minimum absolute atomic E-state index is 0.00301. The van der Waals surface area contributed by atoms with Gasteiger partial charge < -0.3 is 15.0 Å². The van der Waals surface area contributed by atoms with Gasteiger partial charge >= 0.3 is 0 Å². The molecule has 0 aliphatic rings. The molecule has 4 heteroatoms. The van der Waals surface area contributed by atoms with Crippen molar-refractivity contribution in [2.24, 2.45) is 0 Å². The summed E-state index contributed by atoms with van der Waals surface area (Å²) in [5, 5.41) is 2.81. The first-order chi connectivity index (χ1) is 7.11. The SMILES string of the molecule is COc1cccc(NC(=O)C[NH+](C)C)c1. The summed E-state index contributed by atoms with van der Waals surface area (Å²) in [7, 11) is 5.47. The molecule has 15 heavy (non-hydrogen) atoms. The molecule has 1 aromatic carbocycles. The van der Waals surface area contributed by atoms with Crippen LogP contribution in [0.1, 0.15) is 0 Å². The van der Waals surface area contributed by atoms with Crippen LogP contribution in [-0.4, -0.2) is 33.7 Å². The lowest BCUT2D eigenvalue weighted by Crippen LogP contribution is -3.06. The first-order valence-electron chi connectivity index (χ1n) is 4.84. The number of hydrogen-bond donors (Lipinski definition) is 2. The quantitative estimate of drug-likeness (QED) is 0.720. The number of nitrogens with one attached hydrogen (secondary N) is 2. The Balaban J connectivity index is 2.60. The second-order valence-corrected chi connectivity index (χ2v) is 3.66. The summed E-state index contributed by atoms with van der Waals surface area (Å²) >= 11 is 0. The van der Waals surface area contributed by atoms with Gasteiger partial charge in [-0.3, -0.25) is 4.79 Å². The number of carbonyl (C=O) groups excluding carboxylic acids is 1.